The molecule has 3 N–H and O–H groups in total. The molecule has 1 rings (SSSR count). The minimum absolute atomic E-state index is 0.0440. The number of benzene rings is 1. The highest BCUT2D eigenvalue weighted by atomic mass is 16.5. The molecule has 0 aliphatic heterocycles. The summed E-state index contributed by atoms with van der Waals surface area (Å²) in [4.78, 5) is 4.34. The molecule has 1 atom stereocenters. The number of rotatable bonds is 4. The fraction of sp³-hybridized carbons (Fsp3) is 0.533. The van der Waals surface area contributed by atoms with Crippen molar-refractivity contribution >= 4 is 11.6 Å². The summed E-state index contributed by atoms with van der Waals surface area (Å²) in [6.45, 7) is 8.97. The first kappa shape index (κ1) is 15.5. The number of anilines is 1. The van der Waals surface area contributed by atoms with E-state index in [1.54, 1.807) is 7.11 Å². The minimum Gasteiger partial charge on any atom is -0.379 e. The monoisotopic (exact) mass is 263 g/mol. The smallest absolute Gasteiger partial charge is 0.193 e. The third-order valence-corrected chi connectivity index (χ3v) is 3.00. The lowest BCUT2D eigenvalue weighted by atomic mass is 9.89. The zero-order valence-corrected chi connectivity index (χ0v) is 12.5. The van der Waals surface area contributed by atoms with Crippen LogP contribution in [-0.4, -0.2) is 25.7 Å². The Labute approximate surface area is 116 Å². The Morgan fingerprint density at radius 3 is 2.37 bits per heavy atom. The predicted octanol–water partition coefficient (Wildman–Crippen LogP) is 2.78. The minimum atomic E-state index is 0.0440. The number of nitrogens with one attached hydrogen (secondary N) is 1. The molecule has 0 fully saturated rings. The van der Waals surface area contributed by atoms with Gasteiger partial charge in [-0.3, -0.25) is 4.99 Å². The number of hydrogen-bond acceptors (Lipinski definition) is 2. The molecule has 1 aromatic carbocycles. The zero-order chi connectivity index (χ0) is 14.5. The van der Waals surface area contributed by atoms with Gasteiger partial charge in [0.2, 0.25) is 0 Å². The lowest BCUT2D eigenvalue weighted by molar-refractivity contribution is 0.0242. The lowest BCUT2D eigenvalue weighted by Gasteiger charge is -2.27. The fourth-order valence-corrected chi connectivity index (χ4v) is 1.71. The highest BCUT2D eigenvalue weighted by Crippen LogP contribution is 2.21. The molecule has 106 valence electrons. The molecule has 0 heterocycles. The third kappa shape index (κ3) is 5.30. The maximum atomic E-state index is 5.87. The average molecular weight is 263 g/mol. The van der Waals surface area contributed by atoms with E-state index in [1.807, 2.05) is 31.2 Å². The van der Waals surface area contributed by atoms with Crippen LogP contribution in [0.4, 0.5) is 5.69 Å². The Hall–Kier alpha value is -1.55. The summed E-state index contributed by atoms with van der Waals surface area (Å²) in [6, 6.07) is 8.02. The standard InChI is InChI=1S/C15H25N3O/c1-11-6-8-12(9-7-11)18-14(16)17-10-13(19-5)15(2,3)4/h6-9,13H,10H2,1-5H3,(H3,16,17,18). The van der Waals surface area contributed by atoms with Crippen molar-refractivity contribution in [1.82, 2.24) is 0 Å². The molecule has 0 bridgehead atoms. The highest BCUT2D eigenvalue weighted by molar-refractivity contribution is 5.92. The summed E-state index contributed by atoms with van der Waals surface area (Å²) in [5, 5.41) is 3.07. The largest absolute Gasteiger partial charge is 0.379 e. The number of aliphatic imine (C=N–C) groups is 1. The number of nitrogens with two attached hydrogens (primary N) is 1. The van der Waals surface area contributed by atoms with E-state index >= 15 is 0 Å². The fourth-order valence-electron chi connectivity index (χ4n) is 1.71. The zero-order valence-electron chi connectivity index (χ0n) is 12.5. The second-order valence-electron chi connectivity index (χ2n) is 5.81. The van der Waals surface area contributed by atoms with Gasteiger partial charge in [-0.2, -0.15) is 0 Å². The summed E-state index contributed by atoms with van der Waals surface area (Å²) in [7, 11) is 1.70. The van der Waals surface area contributed by atoms with Crippen molar-refractivity contribution < 1.29 is 4.74 Å². The second-order valence-corrected chi connectivity index (χ2v) is 5.81. The molecule has 0 spiro atoms. The van der Waals surface area contributed by atoms with Gasteiger partial charge in [0.1, 0.15) is 0 Å². The summed E-state index contributed by atoms with van der Waals surface area (Å²) in [5.41, 5.74) is 8.07. The van der Waals surface area contributed by atoms with Gasteiger partial charge in [0, 0.05) is 12.8 Å². The first-order valence-electron chi connectivity index (χ1n) is 6.49. The Morgan fingerprint density at radius 1 is 1.32 bits per heavy atom. The van der Waals surface area contributed by atoms with Crippen molar-refractivity contribution in [3.05, 3.63) is 29.8 Å². The molecule has 0 aromatic heterocycles. The van der Waals surface area contributed by atoms with Gasteiger partial charge in [-0.1, -0.05) is 38.5 Å². The summed E-state index contributed by atoms with van der Waals surface area (Å²) in [6.07, 6.45) is 0.0471. The molecule has 4 heteroatoms. The van der Waals surface area contributed by atoms with Gasteiger partial charge in [-0.15, -0.1) is 0 Å². The molecule has 1 unspecified atom stereocenters. The van der Waals surface area contributed by atoms with Crippen molar-refractivity contribution in [3.8, 4) is 0 Å². The summed E-state index contributed by atoms with van der Waals surface area (Å²) >= 11 is 0. The van der Waals surface area contributed by atoms with Crippen molar-refractivity contribution in [3.63, 3.8) is 0 Å². The highest BCUT2D eigenvalue weighted by Gasteiger charge is 2.23. The molecular weight excluding hydrogens is 238 g/mol. The van der Waals surface area contributed by atoms with Crippen LogP contribution in [0.3, 0.4) is 0 Å². The van der Waals surface area contributed by atoms with E-state index in [2.05, 4.69) is 31.1 Å². The molecule has 0 aliphatic carbocycles. The molecule has 0 aliphatic rings. The number of ether oxygens (including phenoxy) is 1. The second kappa shape index (κ2) is 6.57. The van der Waals surface area contributed by atoms with E-state index in [0.717, 1.165) is 5.69 Å². The van der Waals surface area contributed by atoms with Gasteiger partial charge in [-0.05, 0) is 24.5 Å². The van der Waals surface area contributed by atoms with Crippen LogP contribution in [0.25, 0.3) is 0 Å². The Morgan fingerprint density at radius 2 is 1.89 bits per heavy atom. The van der Waals surface area contributed by atoms with Crippen LogP contribution in [0.2, 0.25) is 0 Å². The van der Waals surface area contributed by atoms with Gasteiger partial charge in [0.15, 0.2) is 5.96 Å². The van der Waals surface area contributed by atoms with Crippen LogP contribution in [0.5, 0.6) is 0 Å². The number of methoxy groups -OCH3 is 1. The molecule has 19 heavy (non-hydrogen) atoms. The van der Waals surface area contributed by atoms with Crippen molar-refractivity contribution in [2.75, 3.05) is 19.0 Å². The van der Waals surface area contributed by atoms with E-state index in [-0.39, 0.29) is 11.5 Å². The van der Waals surface area contributed by atoms with Gasteiger partial charge in [-0.25, -0.2) is 0 Å². The van der Waals surface area contributed by atoms with Crippen LogP contribution in [-0.2, 0) is 4.74 Å². The molecule has 4 nitrogen and oxygen atoms in total. The quantitative estimate of drug-likeness (QED) is 0.648. The normalized spacial score (nSPS) is 14.3. The number of aryl methyl sites for hydroxylation is 1. The maximum absolute atomic E-state index is 5.87. The van der Waals surface area contributed by atoms with E-state index in [4.69, 9.17) is 10.5 Å². The lowest BCUT2D eigenvalue weighted by Crippen LogP contribution is -2.33. The van der Waals surface area contributed by atoms with E-state index in [0.29, 0.717) is 12.5 Å². The number of guanidine groups is 1. The predicted molar refractivity (Wildman–Crippen MR) is 81.5 cm³/mol. The molecule has 1 aromatic rings. The van der Waals surface area contributed by atoms with Crippen molar-refractivity contribution in [2.45, 2.75) is 33.8 Å². The van der Waals surface area contributed by atoms with Crippen molar-refractivity contribution in [1.29, 1.82) is 0 Å². The molecule has 0 saturated heterocycles. The van der Waals surface area contributed by atoms with Crippen LogP contribution in [0, 0.1) is 12.3 Å². The van der Waals surface area contributed by atoms with Crippen LogP contribution < -0.4 is 11.1 Å². The Kier molecular flexibility index (Phi) is 5.36. The van der Waals surface area contributed by atoms with E-state index in [9.17, 15) is 0 Å². The first-order valence-corrected chi connectivity index (χ1v) is 6.49. The molecular formula is C15H25N3O. The molecule has 0 radical (unpaired) electrons. The van der Waals surface area contributed by atoms with Gasteiger partial charge in [0.05, 0.1) is 12.6 Å². The maximum Gasteiger partial charge on any atom is 0.193 e. The topological polar surface area (TPSA) is 59.6 Å². The van der Waals surface area contributed by atoms with E-state index in [1.165, 1.54) is 5.56 Å². The number of hydrogen-bond donors (Lipinski definition) is 2. The number of nitrogens with zero attached hydrogens (tertiary/aromatic N) is 1. The van der Waals surface area contributed by atoms with Crippen molar-refractivity contribution in [2.24, 2.45) is 16.1 Å². The Bertz CT molecular complexity index is 418. The molecule has 0 saturated carbocycles. The summed E-state index contributed by atoms with van der Waals surface area (Å²) in [5.74, 6) is 0.412. The van der Waals surface area contributed by atoms with Gasteiger partial charge in [0.25, 0.3) is 0 Å². The van der Waals surface area contributed by atoms with Crippen LogP contribution in [0.1, 0.15) is 26.3 Å². The summed E-state index contributed by atoms with van der Waals surface area (Å²) < 4.78 is 5.44. The average Bonchev–Trinajstić information content (AvgIpc) is 2.31. The van der Waals surface area contributed by atoms with Crippen LogP contribution in [0.15, 0.2) is 29.3 Å². The molecule has 0 amide bonds. The first-order chi connectivity index (χ1) is 8.82. The van der Waals surface area contributed by atoms with E-state index < -0.39 is 0 Å². The van der Waals surface area contributed by atoms with Gasteiger partial charge < -0.3 is 15.8 Å². The Balaban J connectivity index is 2.60. The SMILES string of the molecule is COC(CN=C(N)Nc1ccc(C)cc1)C(C)(C)C. The van der Waals surface area contributed by atoms with Gasteiger partial charge >= 0.3 is 0 Å². The third-order valence-electron chi connectivity index (χ3n) is 3.00. The van der Waals surface area contributed by atoms with Crippen LogP contribution >= 0.6 is 0 Å².